The van der Waals surface area contributed by atoms with Crippen molar-refractivity contribution in [2.75, 3.05) is 27.2 Å². The SMILES string of the molecule is CNC(=O)C[C@H]1CN(Cc2ccn[nH]2)C[C@@H]1OC. The summed E-state index contributed by atoms with van der Waals surface area (Å²) in [5, 5.41) is 9.56. The number of methoxy groups -OCH3 is 1. The van der Waals surface area contributed by atoms with Crippen molar-refractivity contribution < 1.29 is 9.53 Å². The van der Waals surface area contributed by atoms with Gasteiger partial charge < -0.3 is 10.1 Å². The lowest BCUT2D eigenvalue weighted by Gasteiger charge is -2.15. The topological polar surface area (TPSA) is 70.2 Å². The van der Waals surface area contributed by atoms with Gasteiger partial charge in [0.2, 0.25) is 5.91 Å². The van der Waals surface area contributed by atoms with E-state index in [1.165, 1.54) is 0 Å². The number of rotatable bonds is 5. The van der Waals surface area contributed by atoms with Crippen molar-refractivity contribution in [1.29, 1.82) is 0 Å². The Labute approximate surface area is 107 Å². The third-order valence-electron chi connectivity index (χ3n) is 3.44. The molecule has 6 heteroatoms. The highest BCUT2D eigenvalue weighted by molar-refractivity contribution is 5.75. The number of H-pyrrole nitrogens is 1. The predicted molar refractivity (Wildman–Crippen MR) is 66.8 cm³/mol. The normalized spacial score (nSPS) is 24.3. The fourth-order valence-electron chi connectivity index (χ4n) is 2.47. The van der Waals surface area contributed by atoms with E-state index in [4.69, 9.17) is 4.74 Å². The first-order valence-corrected chi connectivity index (χ1v) is 6.17. The Balaban J connectivity index is 1.91. The highest BCUT2D eigenvalue weighted by Gasteiger charge is 2.34. The van der Waals surface area contributed by atoms with Gasteiger partial charge in [-0.3, -0.25) is 14.8 Å². The molecular weight excluding hydrogens is 232 g/mol. The molecule has 0 unspecified atom stereocenters. The van der Waals surface area contributed by atoms with Gasteiger partial charge in [0.05, 0.1) is 6.10 Å². The molecule has 18 heavy (non-hydrogen) atoms. The number of nitrogens with zero attached hydrogens (tertiary/aromatic N) is 2. The van der Waals surface area contributed by atoms with Crippen molar-refractivity contribution in [2.24, 2.45) is 5.92 Å². The first-order chi connectivity index (χ1) is 8.72. The Morgan fingerprint density at radius 1 is 1.67 bits per heavy atom. The lowest BCUT2D eigenvalue weighted by molar-refractivity contribution is -0.122. The lowest BCUT2D eigenvalue weighted by Crippen LogP contribution is -2.28. The molecule has 100 valence electrons. The summed E-state index contributed by atoms with van der Waals surface area (Å²) in [6, 6.07) is 1.97. The van der Waals surface area contributed by atoms with E-state index in [-0.39, 0.29) is 17.9 Å². The average molecular weight is 252 g/mol. The van der Waals surface area contributed by atoms with Crippen LogP contribution in [0, 0.1) is 5.92 Å². The van der Waals surface area contributed by atoms with Crippen molar-refractivity contribution in [3.8, 4) is 0 Å². The van der Waals surface area contributed by atoms with Crippen molar-refractivity contribution in [1.82, 2.24) is 20.4 Å². The summed E-state index contributed by atoms with van der Waals surface area (Å²) in [5.41, 5.74) is 1.09. The number of hydrogen-bond donors (Lipinski definition) is 2. The zero-order valence-corrected chi connectivity index (χ0v) is 10.8. The Hall–Kier alpha value is -1.40. The number of amides is 1. The predicted octanol–water partition coefficient (Wildman–Crippen LogP) is -0.00740. The van der Waals surface area contributed by atoms with E-state index in [1.54, 1.807) is 20.4 Å². The van der Waals surface area contributed by atoms with E-state index in [0.29, 0.717) is 6.42 Å². The third kappa shape index (κ3) is 3.08. The molecule has 1 saturated heterocycles. The summed E-state index contributed by atoms with van der Waals surface area (Å²) < 4.78 is 5.47. The molecular formula is C12H20N4O2. The van der Waals surface area contributed by atoms with Crippen molar-refractivity contribution in [3.05, 3.63) is 18.0 Å². The Bertz CT molecular complexity index is 379. The fraction of sp³-hybridized carbons (Fsp3) is 0.667. The summed E-state index contributed by atoms with van der Waals surface area (Å²) >= 11 is 0. The highest BCUT2D eigenvalue weighted by atomic mass is 16.5. The summed E-state index contributed by atoms with van der Waals surface area (Å²) in [7, 11) is 3.38. The standard InChI is InChI=1S/C12H20N4O2/c1-13-12(17)5-9-6-16(8-11(9)18-2)7-10-3-4-14-15-10/h3-4,9,11H,5-8H2,1-2H3,(H,13,17)(H,14,15)/t9-,11-/m0/s1. The van der Waals surface area contributed by atoms with E-state index in [0.717, 1.165) is 25.3 Å². The summed E-state index contributed by atoms with van der Waals surface area (Å²) in [6.07, 6.45) is 2.40. The quantitative estimate of drug-likeness (QED) is 0.773. The van der Waals surface area contributed by atoms with Gasteiger partial charge in [-0.1, -0.05) is 0 Å². The second-order valence-electron chi connectivity index (χ2n) is 4.69. The number of likely N-dealkylation sites (tertiary alicyclic amines) is 1. The molecule has 1 aromatic rings. The number of aromatic nitrogens is 2. The maximum atomic E-state index is 11.5. The van der Waals surface area contributed by atoms with Crippen LogP contribution in [0.2, 0.25) is 0 Å². The molecule has 0 aromatic carbocycles. The molecule has 0 spiro atoms. The molecule has 2 heterocycles. The van der Waals surface area contributed by atoms with Crippen molar-refractivity contribution >= 4 is 5.91 Å². The second-order valence-corrected chi connectivity index (χ2v) is 4.69. The van der Waals surface area contributed by atoms with Gasteiger partial charge in [0, 0.05) is 58.0 Å². The number of aromatic amines is 1. The van der Waals surface area contributed by atoms with Gasteiger partial charge in [-0.2, -0.15) is 5.10 Å². The molecule has 1 aliphatic rings. The molecule has 0 bridgehead atoms. The second kappa shape index (κ2) is 5.97. The monoisotopic (exact) mass is 252 g/mol. The number of ether oxygens (including phenoxy) is 1. The Morgan fingerprint density at radius 2 is 2.50 bits per heavy atom. The molecule has 2 atom stereocenters. The molecule has 2 rings (SSSR count). The number of hydrogen-bond acceptors (Lipinski definition) is 4. The van der Waals surface area contributed by atoms with Gasteiger partial charge in [0.25, 0.3) is 0 Å². The van der Waals surface area contributed by atoms with Crippen LogP contribution in [-0.4, -0.2) is 54.4 Å². The van der Waals surface area contributed by atoms with Crippen LogP contribution in [0.3, 0.4) is 0 Å². The van der Waals surface area contributed by atoms with Crippen LogP contribution in [0.15, 0.2) is 12.3 Å². The largest absolute Gasteiger partial charge is 0.380 e. The van der Waals surface area contributed by atoms with Crippen LogP contribution >= 0.6 is 0 Å². The van der Waals surface area contributed by atoms with Crippen LogP contribution in [0.1, 0.15) is 12.1 Å². The van der Waals surface area contributed by atoms with Crippen LogP contribution in [-0.2, 0) is 16.1 Å². The summed E-state index contributed by atoms with van der Waals surface area (Å²) in [5.74, 6) is 0.336. The third-order valence-corrected chi connectivity index (χ3v) is 3.44. The molecule has 0 saturated carbocycles. The van der Waals surface area contributed by atoms with E-state index in [2.05, 4.69) is 20.4 Å². The number of carbonyl (C=O) groups is 1. The first-order valence-electron chi connectivity index (χ1n) is 6.17. The van der Waals surface area contributed by atoms with Crippen LogP contribution in [0.25, 0.3) is 0 Å². The Morgan fingerprint density at radius 3 is 3.11 bits per heavy atom. The maximum absolute atomic E-state index is 11.5. The first kappa shape index (κ1) is 13.0. The number of nitrogens with one attached hydrogen (secondary N) is 2. The summed E-state index contributed by atoms with van der Waals surface area (Å²) in [4.78, 5) is 13.7. The van der Waals surface area contributed by atoms with E-state index < -0.39 is 0 Å². The molecule has 6 nitrogen and oxygen atoms in total. The zero-order valence-electron chi connectivity index (χ0n) is 10.8. The lowest BCUT2D eigenvalue weighted by atomic mass is 10.0. The van der Waals surface area contributed by atoms with Gasteiger partial charge >= 0.3 is 0 Å². The molecule has 2 N–H and O–H groups in total. The van der Waals surface area contributed by atoms with Crippen LogP contribution in [0.5, 0.6) is 0 Å². The van der Waals surface area contributed by atoms with Crippen molar-refractivity contribution in [2.45, 2.75) is 19.1 Å². The van der Waals surface area contributed by atoms with Gasteiger partial charge in [0.15, 0.2) is 0 Å². The minimum atomic E-state index is 0.0745. The van der Waals surface area contributed by atoms with Gasteiger partial charge in [-0.15, -0.1) is 0 Å². The fourth-order valence-corrected chi connectivity index (χ4v) is 2.47. The molecule has 1 aromatic heterocycles. The average Bonchev–Trinajstić information content (AvgIpc) is 2.99. The van der Waals surface area contributed by atoms with Crippen LogP contribution in [0.4, 0.5) is 0 Å². The zero-order chi connectivity index (χ0) is 13.0. The maximum Gasteiger partial charge on any atom is 0.220 e. The van der Waals surface area contributed by atoms with Gasteiger partial charge in [-0.25, -0.2) is 0 Å². The van der Waals surface area contributed by atoms with Crippen LogP contribution < -0.4 is 5.32 Å². The van der Waals surface area contributed by atoms with Crippen molar-refractivity contribution in [3.63, 3.8) is 0 Å². The van der Waals surface area contributed by atoms with E-state index in [9.17, 15) is 4.79 Å². The van der Waals surface area contributed by atoms with Gasteiger partial charge in [0.1, 0.15) is 0 Å². The minimum absolute atomic E-state index is 0.0745. The molecule has 1 aliphatic heterocycles. The summed E-state index contributed by atoms with van der Waals surface area (Å²) in [6.45, 7) is 2.56. The van der Waals surface area contributed by atoms with E-state index in [1.807, 2.05) is 6.07 Å². The van der Waals surface area contributed by atoms with E-state index >= 15 is 0 Å². The smallest absolute Gasteiger partial charge is 0.220 e. The van der Waals surface area contributed by atoms with Gasteiger partial charge in [-0.05, 0) is 6.07 Å². The molecule has 1 fully saturated rings. The molecule has 0 aliphatic carbocycles. The number of carbonyl (C=O) groups excluding carboxylic acids is 1. The molecule has 0 radical (unpaired) electrons. The molecule has 1 amide bonds. The highest BCUT2D eigenvalue weighted by Crippen LogP contribution is 2.23. The minimum Gasteiger partial charge on any atom is -0.380 e. The Kier molecular flexibility index (Phi) is 4.33.